The van der Waals surface area contributed by atoms with E-state index in [9.17, 15) is 4.79 Å². The van der Waals surface area contributed by atoms with Crippen LogP contribution in [0.15, 0.2) is 53.5 Å². The minimum atomic E-state index is -0.892. The number of carbonyl (C=O) groups is 1. The summed E-state index contributed by atoms with van der Waals surface area (Å²) < 4.78 is 0. The Labute approximate surface area is 177 Å². The van der Waals surface area contributed by atoms with Gasteiger partial charge in [0.05, 0.1) is 0 Å². The van der Waals surface area contributed by atoms with Crippen LogP contribution < -0.4 is 5.73 Å². The van der Waals surface area contributed by atoms with Gasteiger partial charge in [-0.3, -0.25) is 9.69 Å². The maximum atomic E-state index is 13.6. The first kappa shape index (κ1) is 19.9. The Hall–Kier alpha value is -2.37. The zero-order valence-electron chi connectivity index (χ0n) is 16.9. The molecule has 0 bridgehead atoms. The van der Waals surface area contributed by atoms with Gasteiger partial charge in [0.2, 0.25) is 0 Å². The molecule has 2 aromatic rings. The number of aliphatic imine (C=N–C) groups is 1. The molecule has 0 saturated heterocycles. The number of hydrogen-bond acceptors (Lipinski definition) is 4. The van der Waals surface area contributed by atoms with E-state index in [0.717, 1.165) is 42.5 Å². The summed E-state index contributed by atoms with van der Waals surface area (Å²) in [5.74, 6) is 0.565. The van der Waals surface area contributed by atoms with Crippen molar-refractivity contribution < 1.29 is 4.79 Å². The molecule has 0 spiro atoms. The topological polar surface area (TPSA) is 61.9 Å². The summed E-state index contributed by atoms with van der Waals surface area (Å²) in [4.78, 5) is 22.2. The van der Waals surface area contributed by atoms with Gasteiger partial charge in [-0.15, -0.1) is 0 Å². The Morgan fingerprint density at radius 3 is 2.52 bits per heavy atom. The van der Waals surface area contributed by atoms with E-state index in [-0.39, 0.29) is 11.8 Å². The van der Waals surface area contributed by atoms with Crippen LogP contribution in [0.5, 0.6) is 0 Å². The molecule has 152 valence electrons. The number of amides is 1. The van der Waals surface area contributed by atoms with Crippen molar-refractivity contribution >= 4 is 23.5 Å². The monoisotopic (exact) mass is 410 g/mol. The van der Waals surface area contributed by atoms with Crippen LogP contribution in [0, 0.1) is 5.92 Å². The molecule has 29 heavy (non-hydrogen) atoms. The third-order valence-electron chi connectivity index (χ3n) is 5.75. The summed E-state index contributed by atoms with van der Waals surface area (Å²) in [6.45, 7) is 1.49. The number of carbonyl (C=O) groups excluding carboxylic acids is 1. The van der Waals surface area contributed by atoms with E-state index < -0.39 is 5.54 Å². The molecule has 1 aliphatic heterocycles. The Morgan fingerprint density at radius 2 is 1.86 bits per heavy atom. The number of nitrogens with two attached hydrogens (primary N) is 1. The lowest BCUT2D eigenvalue weighted by Crippen LogP contribution is -2.44. The SMILES string of the molecule is CN(C)CCCN1C(=O)C(c2cccc(-c3cccc(Cl)c3)c2)(C2CC2)N=C1N. The largest absolute Gasteiger partial charge is 0.369 e. The van der Waals surface area contributed by atoms with Crippen LogP contribution in [0.25, 0.3) is 11.1 Å². The quantitative estimate of drug-likeness (QED) is 0.756. The zero-order valence-corrected chi connectivity index (χ0v) is 17.7. The van der Waals surface area contributed by atoms with Gasteiger partial charge in [0.1, 0.15) is 0 Å². The molecular weight excluding hydrogens is 384 g/mol. The van der Waals surface area contributed by atoms with Crippen molar-refractivity contribution in [2.75, 3.05) is 27.2 Å². The van der Waals surface area contributed by atoms with Gasteiger partial charge in [-0.25, -0.2) is 4.99 Å². The third kappa shape index (κ3) is 3.77. The van der Waals surface area contributed by atoms with Gasteiger partial charge in [-0.1, -0.05) is 41.9 Å². The molecule has 1 saturated carbocycles. The number of hydrogen-bond donors (Lipinski definition) is 1. The molecule has 0 radical (unpaired) electrons. The molecule has 2 N–H and O–H groups in total. The van der Waals surface area contributed by atoms with E-state index >= 15 is 0 Å². The van der Waals surface area contributed by atoms with E-state index in [2.05, 4.69) is 11.0 Å². The van der Waals surface area contributed by atoms with E-state index in [1.54, 1.807) is 4.90 Å². The molecule has 1 atom stereocenters. The second-order valence-corrected chi connectivity index (χ2v) is 8.65. The van der Waals surface area contributed by atoms with E-state index in [1.165, 1.54) is 0 Å². The number of rotatable bonds is 7. The van der Waals surface area contributed by atoms with E-state index in [0.29, 0.717) is 17.5 Å². The van der Waals surface area contributed by atoms with Crippen LogP contribution in [0.1, 0.15) is 24.8 Å². The summed E-state index contributed by atoms with van der Waals surface area (Å²) in [6, 6.07) is 15.9. The fourth-order valence-electron chi connectivity index (χ4n) is 4.15. The number of guanidine groups is 1. The fraction of sp³-hybridized carbons (Fsp3) is 0.391. The highest BCUT2D eigenvalue weighted by molar-refractivity contribution is 6.30. The standard InChI is InChI=1S/C23H27ClN4O/c1-27(2)12-5-13-28-21(29)23(18-10-11-18,26-22(28)25)19-8-3-6-16(14-19)17-7-4-9-20(24)15-17/h3-4,6-9,14-15,18H,5,10-13H2,1-2H3,(H2,25,26). The molecule has 1 unspecified atom stereocenters. The minimum absolute atomic E-state index is 0.0134. The third-order valence-corrected chi connectivity index (χ3v) is 5.99. The van der Waals surface area contributed by atoms with Gasteiger partial charge in [0, 0.05) is 11.6 Å². The first-order chi connectivity index (χ1) is 13.9. The van der Waals surface area contributed by atoms with Crippen molar-refractivity contribution in [3.8, 4) is 11.1 Å². The summed E-state index contributed by atoms with van der Waals surface area (Å²) in [5, 5.41) is 0.691. The molecule has 2 aromatic carbocycles. The van der Waals surface area contributed by atoms with Crippen molar-refractivity contribution in [1.29, 1.82) is 0 Å². The lowest BCUT2D eigenvalue weighted by Gasteiger charge is -2.27. The lowest BCUT2D eigenvalue weighted by atomic mass is 9.83. The van der Waals surface area contributed by atoms with Crippen molar-refractivity contribution in [2.45, 2.75) is 24.8 Å². The predicted molar refractivity (Wildman–Crippen MR) is 118 cm³/mol. The average Bonchev–Trinajstić information content (AvgIpc) is 3.51. The lowest BCUT2D eigenvalue weighted by molar-refractivity contribution is -0.132. The molecule has 5 nitrogen and oxygen atoms in total. The molecule has 4 rings (SSSR count). The Balaban J connectivity index is 1.68. The zero-order chi connectivity index (χ0) is 20.6. The summed E-state index contributed by atoms with van der Waals surface area (Å²) in [5.41, 5.74) is 8.33. The van der Waals surface area contributed by atoms with Gasteiger partial charge >= 0.3 is 0 Å². The molecule has 1 heterocycles. The van der Waals surface area contributed by atoms with Crippen molar-refractivity contribution in [2.24, 2.45) is 16.6 Å². The highest BCUT2D eigenvalue weighted by Crippen LogP contribution is 2.52. The van der Waals surface area contributed by atoms with Gasteiger partial charge in [0.15, 0.2) is 11.5 Å². The smallest absolute Gasteiger partial charge is 0.262 e. The summed E-state index contributed by atoms with van der Waals surface area (Å²) in [7, 11) is 4.05. The van der Waals surface area contributed by atoms with Gasteiger partial charge < -0.3 is 10.6 Å². The summed E-state index contributed by atoms with van der Waals surface area (Å²) in [6.07, 6.45) is 2.85. The maximum absolute atomic E-state index is 13.6. The van der Waals surface area contributed by atoms with Crippen molar-refractivity contribution in [3.05, 3.63) is 59.1 Å². The first-order valence-corrected chi connectivity index (χ1v) is 10.5. The maximum Gasteiger partial charge on any atom is 0.262 e. The molecule has 6 heteroatoms. The van der Waals surface area contributed by atoms with Crippen molar-refractivity contribution in [1.82, 2.24) is 9.80 Å². The first-order valence-electron chi connectivity index (χ1n) is 10.1. The summed E-state index contributed by atoms with van der Waals surface area (Å²) >= 11 is 6.18. The highest BCUT2D eigenvalue weighted by Gasteiger charge is 2.57. The van der Waals surface area contributed by atoms with Crippen LogP contribution >= 0.6 is 11.6 Å². The average molecular weight is 411 g/mol. The van der Waals surface area contributed by atoms with Gasteiger partial charge in [-0.05, 0) is 80.7 Å². The second-order valence-electron chi connectivity index (χ2n) is 8.22. The van der Waals surface area contributed by atoms with Crippen LogP contribution in [0.4, 0.5) is 0 Å². The van der Waals surface area contributed by atoms with Crippen LogP contribution in [0.2, 0.25) is 5.02 Å². The molecular formula is C23H27ClN4O. The Morgan fingerprint density at radius 1 is 1.17 bits per heavy atom. The predicted octanol–water partition coefficient (Wildman–Crippen LogP) is 3.72. The molecule has 1 aliphatic carbocycles. The molecule has 1 fully saturated rings. The normalized spacial score (nSPS) is 21.7. The second kappa shape index (κ2) is 7.81. The van der Waals surface area contributed by atoms with Gasteiger partial charge in [-0.2, -0.15) is 0 Å². The van der Waals surface area contributed by atoms with Gasteiger partial charge in [0.25, 0.3) is 5.91 Å². The molecule has 0 aromatic heterocycles. The van der Waals surface area contributed by atoms with E-state index in [4.69, 9.17) is 22.3 Å². The number of nitrogens with zero attached hydrogens (tertiary/aromatic N) is 3. The van der Waals surface area contributed by atoms with E-state index in [1.807, 2.05) is 56.6 Å². The van der Waals surface area contributed by atoms with Crippen LogP contribution in [-0.2, 0) is 10.3 Å². The Bertz CT molecular complexity index is 953. The van der Waals surface area contributed by atoms with Crippen LogP contribution in [0.3, 0.4) is 0 Å². The number of halogens is 1. The molecule has 2 aliphatic rings. The highest BCUT2D eigenvalue weighted by atomic mass is 35.5. The van der Waals surface area contributed by atoms with Crippen LogP contribution in [-0.4, -0.2) is 48.9 Å². The van der Waals surface area contributed by atoms with Crippen molar-refractivity contribution in [3.63, 3.8) is 0 Å². The number of benzene rings is 2. The minimum Gasteiger partial charge on any atom is -0.369 e. The fourth-order valence-corrected chi connectivity index (χ4v) is 4.34. The Kier molecular flexibility index (Phi) is 5.36. The molecule has 1 amide bonds.